The van der Waals surface area contributed by atoms with Crippen LogP contribution in [0, 0.1) is 41.5 Å². The fourth-order valence-corrected chi connectivity index (χ4v) is 22.1. The van der Waals surface area contributed by atoms with E-state index in [2.05, 4.69) is 515 Å². The number of para-hydroxylation sites is 8. The topological polar surface area (TPSA) is 32.6 Å². The summed E-state index contributed by atoms with van der Waals surface area (Å²) < 4.78 is 9.48. The average molecular weight is 1740 g/mol. The van der Waals surface area contributed by atoms with Crippen LogP contribution < -0.4 is 0 Å². The first-order chi connectivity index (χ1) is 67.0. The third kappa shape index (κ3) is 13.3. The third-order valence-corrected chi connectivity index (χ3v) is 28.6. The zero-order valence-corrected chi connectivity index (χ0v) is 76.5. The first-order valence-electron chi connectivity index (χ1n) is 47.2. The molecule has 0 aliphatic rings. The maximum Gasteiger partial charge on any atom is 0.140 e. The van der Waals surface area contributed by atoms with Crippen molar-refractivity contribution in [3.63, 3.8) is 0 Å². The summed E-state index contributed by atoms with van der Waals surface area (Å²) in [6.45, 7) is 13.2. The van der Waals surface area contributed by atoms with E-state index in [0.717, 1.165) is 39.3 Å². The molecule has 27 rings (SSSR count). The molecular weight excluding hydrogens is 1640 g/mol. The van der Waals surface area contributed by atoms with E-state index in [0.29, 0.717) is 0 Å². The second-order valence-electron chi connectivity index (χ2n) is 36.6. The molecule has 27 aromatic rings. The van der Waals surface area contributed by atoms with Crippen LogP contribution in [-0.2, 0) is 0 Å². The van der Waals surface area contributed by atoms with Gasteiger partial charge < -0.3 is 9.13 Å². The number of aryl methyl sites for hydroxylation is 6. The summed E-state index contributed by atoms with van der Waals surface area (Å²) in [5, 5.41) is 25.2. The van der Waals surface area contributed by atoms with Gasteiger partial charge in [-0.25, -0.2) is 4.98 Å². The third-order valence-electron chi connectivity index (χ3n) is 28.6. The molecule has 0 N–H and O–H groups in total. The molecule has 5 heteroatoms. The van der Waals surface area contributed by atoms with Gasteiger partial charge in [0.1, 0.15) is 11.6 Å². The highest BCUT2D eigenvalue weighted by molar-refractivity contribution is 6.26. The highest BCUT2D eigenvalue weighted by Crippen LogP contribution is 2.51. The minimum atomic E-state index is 0.882. The van der Waals surface area contributed by atoms with Gasteiger partial charge in [-0.2, -0.15) is 0 Å². The highest BCUT2D eigenvalue weighted by atomic mass is 15.1. The molecule has 0 fully saturated rings. The van der Waals surface area contributed by atoms with Crippen LogP contribution in [0.2, 0.25) is 0 Å². The molecule has 0 bridgehead atoms. The van der Waals surface area contributed by atoms with E-state index in [1.165, 1.54) is 236 Å². The number of nitrogens with zero attached hydrogens (tertiary/aromatic N) is 5. The summed E-state index contributed by atoms with van der Waals surface area (Å²) in [5.41, 5.74) is 34.6. The molecule has 0 saturated carbocycles. The Morgan fingerprint density at radius 1 is 0.140 bits per heavy atom. The Kier molecular flexibility index (Phi) is 19.6. The summed E-state index contributed by atoms with van der Waals surface area (Å²) in [5.74, 6) is 1.76. The van der Waals surface area contributed by atoms with Gasteiger partial charge in [-0.1, -0.05) is 381 Å². The largest absolute Gasteiger partial charge is 0.309 e. The molecule has 0 amide bonds. The molecule has 0 spiro atoms. The molecule has 0 saturated heterocycles. The number of aromatic nitrogens is 5. The van der Waals surface area contributed by atoms with Crippen LogP contribution in [0.25, 0.3) is 242 Å². The van der Waals surface area contributed by atoms with Crippen molar-refractivity contribution in [1.82, 2.24) is 23.3 Å². The quantitative estimate of drug-likeness (QED) is 0.126. The van der Waals surface area contributed by atoms with Crippen molar-refractivity contribution in [2.45, 2.75) is 41.5 Å². The Balaban J connectivity index is 0.000000110. The molecule has 0 unspecified atom stereocenters. The van der Waals surface area contributed by atoms with Crippen LogP contribution in [0.5, 0.6) is 0 Å². The van der Waals surface area contributed by atoms with Gasteiger partial charge in [-0.15, -0.1) is 0 Å². The van der Waals surface area contributed by atoms with E-state index in [-0.39, 0.29) is 0 Å². The van der Waals surface area contributed by atoms with E-state index in [4.69, 9.17) is 4.98 Å². The van der Waals surface area contributed by atoms with Crippen molar-refractivity contribution < 1.29 is 0 Å². The first kappa shape index (κ1) is 80.8. The van der Waals surface area contributed by atoms with Gasteiger partial charge in [0.05, 0.1) is 44.1 Å². The summed E-state index contributed by atoms with van der Waals surface area (Å²) in [6.07, 6.45) is 0. The van der Waals surface area contributed by atoms with Crippen LogP contribution in [0.4, 0.5) is 0 Å². The fourth-order valence-electron chi connectivity index (χ4n) is 22.1. The van der Waals surface area contributed by atoms with E-state index < -0.39 is 0 Å². The van der Waals surface area contributed by atoms with Crippen LogP contribution in [0.3, 0.4) is 0 Å². The molecule has 0 aliphatic heterocycles. The van der Waals surface area contributed by atoms with Crippen molar-refractivity contribution >= 4 is 152 Å². The van der Waals surface area contributed by atoms with Gasteiger partial charge in [0.15, 0.2) is 0 Å². The van der Waals surface area contributed by atoms with E-state index in [1.807, 2.05) is 0 Å². The van der Waals surface area contributed by atoms with Crippen LogP contribution in [-0.4, -0.2) is 23.3 Å². The molecule has 0 aliphatic carbocycles. The zero-order chi connectivity index (χ0) is 90.9. The molecule has 5 heterocycles. The SMILES string of the molecule is Cc1ccc(-c2c3ccccc3c(-c3ccc(-n4c5ccccc5c5ccccc54)cc3)c3cc(C)c(C)cc23)cc1.Cc1ccc(-c2c3ccccc3c(-c3cccc(-n4c5ccccc5c5ccccc54)c3)c3cc(C)c(C)cc23)cc1.c1ccc(-c2c3ccccc3c(-c3cc(-n4c5ccccc5c5ccccc54)nc(-n4c5ccccc5c5ccccc54)c3)c3ccccc23)cc1. The molecule has 5 nitrogen and oxygen atoms in total. The van der Waals surface area contributed by atoms with Crippen molar-refractivity contribution in [2.24, 2.45) is 0 Å². The number of hydrogen-bond donors (Lipinski definition) is 0. The van der Waals surface area contributed by atoms with Crippen molar-refractivity contribution in [3.8, 4) is 89.8 Å². The second-order valence-corrected chi connectivity index (χ2v) is 36.6. The predicted octanol–water partition coefficient (Wildman–Crippen LogP) is 35.6. The Labute approximate surface area is 789 Å². The fraction of sp³-hybridized carbons (Fsp3) is 0.0458. The molecule has 136 heavy (non-hydrogen) atoms. The Morgan fingerprint density at radius 3 is 0.647 bits per heavy atom. The number of hydrogen-bond acceptors (Lipinski definition) is 1. The lowest BCUT2D eigenvalue weighted by molar-refractivity contribution is 1.01. The molecular formula is C131H93N5. The van der Waals surface area contributed by atoms with Crippen LogP contribution in [0.15, 0.2) is 455 Å². The van der Waals surface area contributed by atoms with Gasteiger partial charge in [-0.3, -0.25) is 9.13 Å². The maximum atomic E-state index is 5.60. The van der Waals surface area contributed by atoms with Gasteiger partial charge >= 0.3 is 0 Å². The Bertz CT molecular complexity index is 9130. The van der Waals surface area contributed by atoms with E-state index in [1.54, 1.807) is 0 Å². The summed E-state index contributed by atoms with van der Waals surface area (Å²) in [4.78, 5) is 5.60. The minimum absolute atomic E-state index is 0.882. The van der Waals surface area contributed by atoms with Crippen molar-refractivity contribution in [3.05, 3.63) is 488 Å². The number of benzene rings is 22. The average Bonchev–Trinajstić information content (AvgIpc) is 0.809. The summed E-state index contributed by atoms with van der Waals surface area (Å²) >= 11 is 0. The number of fused-ring (bicyclic) bond motifs is 18. The van der Waals surface area contributed by atoms with Crippen molar-refractivity contribution in [2.75, 3.05) is 0 Å². The zero-order valence-electron chi connectivity index (χ0n) is 76.5. The van der Waals surface area contributed by atoms with Gasteiger partial charge in [0, 0.05) is 54.5 Å². The van der Waals surface area contributed by atoms with Gasteiger partial charge in [-0.05, 0) is 280 Å². The normalized spacial score (nSPS) is 11.8. The first-order valence-corrected chi connectivity index (χ1v) is 47.2. The second kappa shape index (κ2) is 32.9. The maximum absolute atomic E-state index is 5.60. The smallest absolute Gasteiger partial charge is 0.140 e. The molecule has 5 aromatic heterocycles. The molecule has 0 atom stereocenters. The lowest BCUT2D eigenvalue weighted by atomic mass is 9.84. The van der Waals surface area contributed by atoms with Crippen LogP contribution in [0.1, 0.15) is 33.4 Å². The van der Waals surface area contributed by atoms with Crippen LogP contribution >= 0.6 is 0 Å². The highest BCUT2D eigenvalue weighted by Gasteiger charge is 2.27. The monoisotopic (exact) mass is 1740 g/mol. The molecule has 22 aromatic carbocycles. The Morgan fingerprint density at radius 2 is 0.353 bits per heavy atom. The lowest BCUT2D eigenvalue weighted by Crippen LogP contribution is -2.04. The van der Waals surface area contributed by atoms with E-state index >= 15 is 0 Å². The Hall–Kier alpha value is -17.3. The predicted molar refractivity (Wildman–Crippen MR) is 581 cm³/mol. The number of pyridine rings is 1. The van der Waals surface area contributed by atoms with Gasteiger partial charge in [0.2, 0.25) is 0 Å². The van der Waals surface area contributed by atoms with Crippen molar-refractivity contribution in [1.29, 1.82) is 0 Å². The molecule has 0 radical (unpaired) electrons. The standard InChI is InChI=1S/C49H31N3.2C41H31N/c1-2-16-32(17-3-1)48-38-22-4-6-24-40(38)49(41-25-7-5-23-39(41)48)33-30-46(51-42-26-12-8-18-34(42)35-19-9-13-27-43(35)51)50-47(31-33)52-44-28-14-10-20-36(44)37-21-11-15-29-45(37)52;1-26-19-21-29(22-20-26)40-34-15-4-5-16-35(34)41(37-24-28(3)27(2)23-36(37)40)30-11-10-12-31(25-30)42-38-17-8-6-13-32(38)33-14-7-9-18-39(33)42;1-26-16-18-29(19-17-26)40-34-12-4-5-13-35(34)41(37-25-28(3)27(2)24-36(37)40)30-20-22-31(23-21-30)42-38-14-8-6-10-32(38)33-11-7-9-15-39(33)42/h1-31H;2*4-25H,1-3H3. The lowest BCUT2D eigenvalue weighted by Gasteiger charge is -2.20. The number of rotatable bonds is 10. The summed E-state index contributed by atoms with van der Waals surface area (Å²) in [6, 6.07) is 166. The molecule has 642 valence electrons. The van der Waals surface area contributed by atoms with Gasteiger partial charge in [0.25, 0.3) is 0 Å². The van der Waals surface area contributed by atoms with E-state index in [9.17, 15) is 0 Å². The minimum Gasteiger partial charge on any atom is -0.309 e. The summed E-state index contributed by atoms with van der Waals surface area (Å²) in [7, 11) is 0.